The van der Waals surface area contributed by atoms with Gasteiger partial charge in [-0.3, -0.25) is 4.79 Å². The van der Waals surface area contributed by atoms with E-state index in [1.807, 2.05) is 6.92 Å². The highest BCUT2D eigenvalue weighted by molar-refractivity contribution is 5.94. The Bertz CT molecular complexity index is 396. The van der Waals surface area contributed by atoms with E-state index in [1.54, 1.807) is 7.05 Å². The maximum Gasteiger partial charge on any atom is 0.387 e. The molecular weight excluding hydrogens is 242 g/mol. The molecule has 2 N–H and O–H groups in total. The van der Waals surface area contributed by atoms with Crippen LogP contribution >= 0.6 is 0 Å². The first kappa shape index (κ1) is 14.4. The summed E-state index contributed by atoms with van der Waals surface area (Å²) in [5.41, 5.74) is 5.87. The van der Waals surface area contributed by atoms with Crippen LogP contribution in [0.25, 0.3) is 0 Å². The molecule has 0 radical (unpaired) electrons. The zero-order valence-corrected chi connectivity index (χ0v) is 10.3. The molecule has 18 heavy (non-hydrogen) atoms. The fourth-order valence-corrected chi connectivity index (χ4v) is 1.34. The summed E-state index contributed by atoms with van der Waals surface area (Å²) in [7, 11) is 1.64. The van der Waals surface area contributed by atoms with Crippen molar-refractivity contribution < 1.29 is 18.3 Å². The molecule has 0 aliphatic rings. The highest BCUT2D eigenvalue weighted by Gasteiger charge is 2.16. The Kier molecular flexibility index (Phi) is 5.03. The number of hydrogen-bond donors (Lipinski definition) is 1. The molecule has 0 spiro atoms. The van der Waals surface area contributed by atoms with E-state index in [1.165, 1.54) is 29.2 Å². The van der Waals surface area contributed by atoms with Gasteiger partial charge in [-0.2, -0.15) is 8.78 Å². The van der Waals surface area contributed by atoms with Crippen LogP contribution in [-0.2, 0) is 0 Å². The fourth-order valence-electron chi connectivity index (χ4n) is 1.34. The van der Waals surface area contributed by atoms with E-state index in [9.17, 15) is 13.6 Å². The smallest absolute Gasteiger partial charge is 0.387 e. The quantitative estimate of drug-likeness (QED) is 0.874. The number of carbonyl (C=O) groups excluding carboxylic acids is 1. The van der Waals surface area contributed by atoms with Crippen molar-refractivity contribution in [2.24, 2.45) is 5.73 Å². The van der Waals surface area contributed by atoms with Crippen molar-refractivity contribution in [1.29, 1.82) is 0 Å². The first-order chi connectivity index (χ1) is 8.45. The minimum absolute atomic E-state index is 0.0241. The third kappa shape index (κ3) is 3.66. The summed E-state index contributed by atoms with van der Waals surface area (Å²) in [4.78, 5) is 13.5. The van der Waals surface area contributed by atoms with E-state index in [0.717, 1.165) is 0 Å². The van der Waals surface area contributed by atoms with Crippen LogP contribution in [-0.4, -0.2) is 37.1 Å². The van der Waals surface area contributed by atoms with Gasteiger partial charge in [-0.1, -0.05) is 0 Å². The summed E-state index contributed by atoms with van der Waals surface area (Å²) < 4.78 is 28.1. The van der Waals surface area contributed by atoms with Gasteiger partial charge >= 0.3 is 6.61 Å². The number of nitrogens with zero attached hydrogens (tertiary/aromatic N) is 1. The topological polar surface area (TPSA) is 55.6 Å². The largest absolute Gasteiger partial charge is 0.435 e. The zero-order chi connectivity index (χ0) is 13.7. The number of nitrogens with two attached hydrogens (primary N) is 1. The standard InChI is InChI=1S/C12H16F2N2O2/c1-8(7-15)16(2)11(17)9-3-5-10(6-4-9)18-12(13)14/h3-6,8,12H,7,15H2,1-2H3. The van der Waals surface area contributed by atoms with Gasteiger partial charge in [-0.25, -0.2) is 0 Å². The summed E-state index contributed by atoms with van der Waals surface area (Å²) in [6, 6.07) is 5.47. The lowest BCUT2D eigenvalue weighted by molar-refractivity contribution is -0.0498. The van der Waals surface area contributed by atoms with Crippen LogP contribution in [0.5, 0.6) is 5.75 Å². The highest BCUT2D eigenvalue weighted by Crippen LogP contribution is 2.16. The molecule has 0 aliphatic heterocycles. The molecule has 1 amide bonds. The van der Waals surface area contributed by atoms with Crippen molar-refractivity contribution in [3.8, 4) is 5.75 Å². The van der Waals surface area contributed by atoms with Gasteiger partial charge in [-0.15, -0.1) is 0 Å². The van der Waals surface area contributed by atoms with Crippen molar-refractivity contribution in [3.63, 3.8) is 0 Å². The van der Waals surface area contributed by atoms with E-state index in [0.29, 0.717) is 12.1 Å². The van der Waals surface area contributed by atoms with Crippen molar-refractivity contribution in [2.75, 3.05) is 13.6 Å². The molecule has 0 aliphatic carbocycles. The Morgan fingerprint density at radius 2 is 1.94 bits per heavy atom. The summed E-state index contributed by atoms with van der Waals surface area (Å²) in [6.07, 6.45) is 0. The van der Waals surface area contributed by atoms with Crippen molar-refractivity contribution in [3.05, 3.63) is 29.8 Å². The van der Waals surface area contributed by atoms with E-state index >= 15 is 0 Å². The Labute approximate surface area is 104 Å². The number of ether oxygens (including phenoxy) is 1. The van der Waals surface area contributed by atoms with Crippen LogP contribution in [0, 0.1) is 0 Å². The van der Waals surface area contributed by atoms with Crippen molar-refractivity contribution >= 4 is 5.91 Å². The Morgan fingerprint density at radius 1 is 1.39 bits per heavy atom. The van der Waals surface area contributed by atoms with Crippen LogP contribution < -0.4 is 10.5 Å². The lowest BCUT2D eigenvalue weighted by Crippen LogP contribution is -2.39. The third-order valence-electron chi connectivity index (χ3n) is 2.65. The van der Waals surface area contributed by atoms with Gasteiger partial charge in [-0.05, 0) is 31.2 Å². The van der Waals surface area contributed by atoms with Crippen LogP contribution in [0.2, 0.25) is 0 Å². The minimum atomic E-state index is -2.87. The molecule has 4 nitrogen and oxygen atoms in total. The minimum Gasteiger partial charge on any atom is -0.435 e. The maximum atomic E-state index is 12.0. The molecule has 0 aromatic heterocycles. The first-order valence-electron chi connectivity index (χ1n) is 5.47. The number of amides is 1. The average molecular weight is 258 g/mol. The van der Waals surface area contributed by atoms with Crippen molar-refractivity contribution in [2.45, 2.75) is 19.6 Å². The van der Waals surface area contributed by atoms with E-state index < -0.39 is 6.61 Å². The molecule has 100 valence electrons. The molecule has 1 unspecified atom stereocenters. The molecule has 1 aromatic rings. The normalized spacial score (nSPS) is 12.3. The van der Waals surface area contributed by atoms with Gasteiger partial charge in [0.25, 0.3) is 5.91 Å². The summed E-state index contributed by atoms with van der Waals surface area (Å²) in [5.74, 6) is -0.187. The number of carbonyl (C=O) groups is 1. The summed E-state index contributed by atoms with van der Waals surface area (Å²) >= 11 is 0. The van der Waals surface area contributed by atoms with Crippen LogP contribution in [0.1, 0.15) is 17.3 Å². The second kappa shape index (κ2) is 6.30. The predicted octanol–water partition coefficient (Wildman–Crippen LogP) is 1.71. The number of likely N-dealkylation sites (N-methyl/N-ethyl adjacent to an activating group) is 1. The lowest BCUT2D eigenvalue weighted by Gasteiger charge is -2.23. The zero-order valence-electron chi connectivity index (χ0n) is 10.3. The molecule has 0 saturated carbocycles. The number of rotatable bonds is 5. The number of benzene rings is 1. The molecule has 1 rings (SSSR count). The molecule has 0 fully saturated rings. The second-order valence-electron chi connectivity index (χ2n) is 3.90. The van der Waals surface area contributed by atoms with E-state index in [-0.39, 0.29) is 17.7 Å². The number of hydrogen-bond acceptors (Lipinski definition) is 3. The molecule has 0 bridgehead atoms. The Hall–Kier alpha value is -1.69. The lowest BCUT2D eigenvalue weighted by atomic mass is 10.1. The molecule has 1 atom stereocenters. The first-order valence-corrected chi connectivity index (χ1v) is 5.47. The van der Waals surface area contributed by atoms with Crippen LogP contribution in [0.15, 0.2) is 24.3 Å². The van der Waals surface area contributed by atoms with Crippen LogP contribution in [0.3, 0.4) is 0 Å². The van der Waals surface area contributed by atoms with Crippen molar-refractivity contribution in [1.82, 2.24) is 4.90 Å². The van der Waals surface area contributed by atoms with E-state index in [4.69, 9.17) is 5.73 Å². The SMILES string of the molecule is CC(CN)N(C)C(=O)c1ccc(OC(F)F)cc1. The number of halogens is 2. The van der Waals surface area contributed by atoms with Gasteiger partial charge in [0.1, 0.15) is 5.75 Å². The molecular formula is C12H16F2N2O2. The molecule has 1 aromatic carbocycles. The second-order valence-corrected chi connectivity index (χ2v) is 3.90. The monoisotopic (exact) mass is 258 g/mol. The predicted molar refractivity (Wildman–Crippen MR) is 63.7 cm³/mol. The van der Waals surface area contributed by atoms with Gasteiger partial charge in [0.05, 0.1) is 0 Å². The summed E-state index contributed by atoms with van der Waals surface area (Å²) in [6.45, 7) is -0.687. The van der Waals surface area contributed by atoms with Gasteiger partial charge < -0.3 is 15.4 Å². The average Bonchev–Trinajstić information content (AvgIpc) is 2.36. The number of alkyl halides is 2. The highest BCUT2D eigenvalue weighted by atomic mass is 19.3. The molecule has 6 heteroatoms. The molecule has 0 saturated heterocycles. The van der Waals surface area contributed by atoms with Gasteiger partial charge in [0.15, 0.2) is 0 Å². The van der Waals surface area contributed by atoms with Crippen LogP contribution in [0.4, 0.5) is 8.78 Å². The Morgan fingerprint density at radius 3 is 2.39 bits per heavy atom. The van der Waals surface area contributed by atoms with Gasteiger partial charge in [0, 0.05) is 25.2 Å². The fraction of sp³-hybridized carbons (Fsp3) is 0.417. The van der Waals surface area contributed by atoms with E-state index in [2.05, 4.69) is 4.74 Å². The Balaban J connectivity index is 2.75. The maximum absolute atomic E-state index is 12.0. The molecule has 0 heterocycles. The summed E-state index contributed by atoms with van der Waals surface area (Å²) in [5, 5.41) is 0. The van der Waals surface area contributed by atoms with Gasteiger partial charge in [0.2, 0.25) is 0 Å². The third-order valence-corrected chi connectivity index (χ3v) is 2.65.